The molecular formula is C79H65FN2S2. The van der Waals surface area contributed by atoms with Gasteiger partial charge in [-0.2, -0.15) is 0 Å². The molecule has 2 nitrogen and oxygen atoms in total. The fourth-order valence-electron chi connectivity index (χ4n) is 14.3. The Hall–Kier alpha value is -8.61. The largest absolute Gasteiger partial charge is 0.310 e. The normalized spacial score (nSPS) is 14.4. The minimum Gasteiger partial charge on any atom is -0.310 e. The number of hydrogen-bond acceptors (Lipinski definition) is 4. The van der Waals surface area contributed by atoms with Crippen molar-refractivity contribution in [2.75, 3.05) is 9.80 Å². The van der Waals surface area contributed by atoms with E-state index in [4.69, 9.17) is 0 Å². The lowest BCUT2D eigenvalue weighted by molar-refractivity contribution is 0.590. The maximum absolute atomic E-state index is 16.3. The number of fused-ring (bicyclic) bond motifs is 18. The third kappa shape index (κ3) is 7.99. The maximum atomic E-state index is 16.3. The van der Waals surface area contributed by atoms with Gasteiger partial charge in [0.1, 0.15) is 5.82 Å². The summed E-state index contributed by atoms with van der Waals surface area (Å²) in [7, 11) is 0. The highest BCUT2D eigenvalue weighted by molar-refractivity contribution is 7.27. The van der Waals surface area contributed by atoms with E-state index in [9.17, 15) is 0 Å². The van der Waals surface area contributed by atoms with Crippen molar-refractivity contribution in [1.29, 1.82) is 0 Å². The van der Waals surface area contributed by atoms with Gasteiger partial charge < -0.3 is 9.80 Å². The summed E-state index contributed by atoms with van der Waals surface area (Å²) in [5.41, 5.74) is 24.6. The number of hydrogen-bond donors (Lipinski definition) is 0. The van der Waals surface area contributed by atoms with Gasteiger partial charge in [0.05, 0.1) is 16.8 Å². The van der Waals surface area contributed by atoms with E-state index in [1.807, 2.05) is 22.7 Å². The smallest absolute Gasteiger partial charge is 0.123 e. The summed E-state index contributed by atoms with van der Waals surface area (Å²) in [6.45, 7) is 22.5. The highest BCUT2D eigenvalue weighted by Gasteiger charge is 2.54. The number of thiophene rings is 2. The first kappa shape index (κ1) is 52.2. The van der Waals surface area contributed by atoms with Crippen LogP contribution in [0.2, 0.25) is 0 Å². The predicted octanol–water partition coefficient (Wildman–Crippen LogP) is 23.3. The van der Waals surface area contributed by atoms with Crippen molar-refractivity contribution in [3.05, 3.63) is 274 Å². The first-order valence-corrected chi connectivity index (χ1v) is 31.0. The van der Waals surface area contributed by atoms with Crippen LogP contribution in [0.5, 0.6) is 0 Å². The van der Waals surface area contributed by atoms with E-state index in [0.717, 1.165) is 56.4 Å². The van der Waals surface area contributed by atoms with Crippen LogP contribution in [0.1, 0.15) is 97.2 Å². The Morgan fingerprint density at radius 1 is 0.369 bits per heavy atom. The predicted molar refractivity (Wildman–Crippen MR) is 360 cm³/mol. The van der Waals surface area contributed by atoms with Gasteiger partial charge in [0.25, 0.3) is 0 Å². The summed E-state index contributed by atoms with van der Waals surface area (Å²) < 4.78 is 21.3. The molecule has 1 spiro atoms. The molecule has 0 N–H and O–H groups in total. The van der Waals surface area contributed by atoms with Crippen molar-refractivity contribution in [2.45, 2.75) is 85.5 Å². The SMILES string of the molecule is Cc1cc(C)cc(-c2ccc(N(c3ccc(C(C)(C)C)cc3)c3cc4c(c5sc6ccccc6c35)-c3c(cc(N(c5ccc(C(C)(C)C)cc5)c5cc(C)cc(C)c5)c5c3sc3ccccc35)C43c4ccccc4-c4cc(F)ccc43)cc2)c1. The van der Waals surface area contributed by atoms with Gasteiger partial charge in [0.15, 0.2) is 0 Å². The van der Waals surface area contributed by atoms with Crippen molar-refractivity contribution in [1.82, 2.24) is 0 Å². The van der Waals surface area contributed by atoms with Gasteiger partial charge in [-0.3, -0.25) is 0 Å². The minimum atomic E-state index is -0.874. The van der Waals surface area contributed by atoms with Crippen LogP contribution in [0.4, 0.5) is 38.5 Å². The molecule has 0 radical (unpaired) electrons. The maximum Gasteiger partial charge on any atom is 0.123 e. The quantitative estimate of drug-likeness (QED) is 0.157. The van der Waals surface area contributed by atoms with Crippen LogP contribution in [-0.4, -0.2) is 0 Å². The molecule has 2 aliphatic rings. The summed E-state index contributed by atoms with van der Waals surface area (Å²) in [5.74, 6) is -0.241. The summed E-state index contributed by atoms with van der Waals surface area (Å²) in [4.78, 5) is 5.05. The number of anilines is 6. The zero-order chi connectivity index (χ0) is 57.7. The summed E-state index contributed by atoms with van der Waals surface area (Å²) in [6.07, 6.45) is 0. The molecule has 0 amide bonds. The molecule has 5 heteroatoms. The second-order valence-electron chi connectivity index (χ2n) is 25.8. The molecule has 1 unspecified atom stereocenters. The number of nitrogens with zero attached hydrogens (tertiary/aromatic N) is 2. The molecule has 0 saturated carbocycles. The van der Waals surface area contributed by atoms with E-state index in [2.05, 4.69) is 279 Å². The first-order valence-electron chi connectivity index (χ1n) is 29.4. The highest BCUT2D eigenvalue weighted by Crippen LogP contribution is 2.69. The van der Waals surface area contributed by atoms with Crippen molar-refractivity contribution in [3.8, 4) is 33.4 Å². The van der Waals surface area contributed by atoms with Crippen LogP contribution in [0.25, 0.3) is 73.7 Å². The Bertz CT molecular complexity index is 4810. The standard InChI is InChI=1S/C79H65FN2S2/c1-46-37-47(2)40-51(39-46)50-23-30-55(31-24-50)81(56-32-25-52(26-33-56)77(5,6)7)67-44-65-73(75-71(67)60-18-12-15-21-69(60)83-75)74-66(79(65)63-20-14-11-17-59(63)62-43-54(80)29-36-64(62)79)45-68(72-61-19-13-16-22-70(61)84-76(72)74)82(58-41-48(3)38-49(4)42-58)57-34-27-53(28-35-57)78(8,9)10/h11-45H,1-10H3. The number of rotatable bonds is 7. The lowest BCUT2D eigenvalue weighted by Gasteiger charge is -2.34. The Morgan fingerprint density at radius 3 is 1.30 bits per heavy atom. The van der Waals surface area contributed by atoms with Crippen LogP contribution in [0, 0.1) is 33.5 Å². The third-order valence-corrected chi connectivity index (χ3v) is 20.3. The lowest BCUT2D eigenvalue weighted by Crippen LogP contribution is -2.26. The molecule has 410 valence electrons. The zero-order valence-corrected chi connectivity index (χ0v) is 50.9. The first-order chi connectivity index (χ1) is 40.4. The van der Waals surface area contributed by atoms with Gasteiger partial charge in [-0.1, -0.05) is 180 Å². The zero-order valence-electron chi connectivity index (χ0n) is 49.3. The topological polar surface area (TPSA) is 6.48 Å². The molecule has 13 aromatic rings. The van der Waals surface area contributed by atoms with Crippen LogP contribution < -0.4 is 9.80 Å². The molecular weight excluding hydrogens is 1060 g/mol. The lowest BCUT2D eigenvalue weighted by atomic mass is 9.70. The van der Waals surface area contributed by atoms with Crippen molar-refractivity contribution in [2.24, 2.45) is 0 Å². The molecule has 2 aliphatic carbocycles. The summed E-state index contributed by atoms with van der Waals surface area (Å²) >= 11 is 3.81. The van der Waals surface area contributed by atoms with Gasteiger partial charge in [-0.15, -0.1) is 22.7 Å². The summed E-state index contributed by atoms with van der Waals surface area (Å²) in [6, 6.07) is 79.2. The second kappa shape index (κ2) is 19.0. The molecule has 11 aromatic carbocycles. The molecule has 2 aromatic heterocycles. The minimum absolute atomic E-state index is 0.0270. The number of aryl methyl sites for hydroxylation is 4. The van der Waals surface area contributed by atoms with E-state index in [1.165, 1.54) is 107 Å². The monoisotopic (exact) mass is 1120 g/mol. The molecule has 84 heavy (non-hydrogen) atoms. The molecule has 1 atom stereocenters. The van der Waals surface area contributed by atoms with Crippen molar-refractivity contribution >= 4 is 97.1 Å². The third-order valence-electron chi connectivity index (χ3n) is 17.9. The van der Waals surface area contributed by atoms with Crippen LogP contribution in [0.3, 0.4) is 0 Å². The van der Waals surface area contributed by atoms with Gasteiger partial charge >= 0.3 is 0 Å². The second-order valence-corrected chi connectivity index (χ2v) is 27.9. The number of halogens is 1. The number of benzene rings is 11. The Kier molecular flexibility index (Phi) is 11.8. The van der Waals surface area contributed by atoms with Gasteiger partial charge in [0.2, 0.25) is 0 Å². The highest BCUT2D eigenvalue weighted by atomic mass is 32.1. The average molecular weight is 1130 g/mol. The van der Waals surface area contributed by atoms with E-state index < -0.39 is 5.41 Å². The van der Waals surface area contributed by atoms with Crippen LogP contribution >= 0.6 is 22.7 Å². The fourth-order valence-corrected chi connectivity index (χ4v) is 16.8. The van der Waals surface area contributed by atoms with E-state index in [0.29, 0.717) is 0 Å². The van der Waals surface area contributed by atoms with Crippen molar-refractivity contribution < 1.29 is 4.39 Å². The molecule has 0 bridgehead atoms. The van der Waals surface area contributed by atoms with E-state index >= 15 is 4.39 Å². The molecule has 0 aliphatic heterocycles. The van der Waals surface area contributed by atoms with Crippen molar-refractivity contribution in [3.63, 3.8) is 0 Å². The molecule has 0 saturated heterocycles. The van der Waals surface area contributed by atoms with E-state index in [1.54, 1.807) is 12.1 Å². The van der Waals surface area contributed by atoms with Crippen LogP contribution in [0.15, 0.2) is 212 Å². The Labute approximate surface area is 500 Å². The molecule has 2 heterocycles. The molecule has 0 fully saturated rings. The fraction of sp³-hybridized carbons (Fsp3) is 0.165. The van der Waals surface area contributed by atoms with E-state index in [-0.39, 0.29) is 16.6 Å². The Morgan fingerprint density at radius 2 is 0.798 bits per heavy atom. The average Bonchev–Trinajstić information content (AvgIpc) is 1.53. The van der Waals surface area contributed by atoms with Crippen LogP contribution in [-0.2, 0) is 16.2 Å². The van der Waals surface area contributed by atoms with Gasteiger partial charge in [-0.05, 0) is 190 Å². The van der Waals surface area contributed by atoms with Gasteiger partial charge in [-0.25, -0.2) is 4.39 Å². The Balaban J connectivity index is 1.11. The summed E-state index contributed by atoms with van der Waals surface area (Å²) in [5, 5.41) is 4.89. The molecule has 15 rings (SSSR count). The van der Waals surface area contributed by atoms with Gasteiger partial charge in [0, 0.05) is 74.2 Å².